The Morgan fingerprint density at radius 2 is 1.75 bits per heavy atom. The second-order valence-electron chi connectivity index (χ2n) is 6.14. The highest BCUT2D eigenvalue weighted by atomic mass is 16.5. The minimum atomic E-state index is 0.0408. The second-order valence-corrected chi connectivity index (χ2v) is 6.14. The molecule has 4 nitrogen and oxygen atoms in total. The highest BCUT2D eigenvalue weighted by molar-refractivity contribution is 5.95. The summed E-state index contributed by atoms with van der Waals surface area (Å²) in [7, 11) is 3.17. The monoisotopic (exact) mass is 325 g/mol. The van der Waals surface area contributed by atoms with Gasteiger partial charge in [0.1, 0.15) is 0 Å². The fraction of sp³-hybridized carbons (Fsp3) is 0.350. The quantitative estimate of drug-likeness (QED) is 0.853. The Kier molecular flexibility index (Phi) is 4.74. The first kappa shape index (κ1) is 16.4. The number of likely N-dealkylation sites (tertiary alicyclic amines) is 1. The van der Waals surface area contributed by atoms with Gasteiger partial charge in [0, 0.05) is 12.1 Å². The summed E-state index contributed by atoms with van der Waals surface area (Å²) in [6.07, 6.45) is 2.03. The number of amides is 1. The number of benzene rings is 2. The highest BCUT2D eigenvalue weighted by Gasteiger charge is 2.30. The predicted molar refractivity (Wildman–Crippen MR) is 93.7 cm³/mol. The third-order valence-corrected chi connectivity index (χ3v) is 4.61. The van der Waals surface area contributed by atoms with Crippen LogP contribution in [-0.4, -0.2) is 31.6 Å². The highest BCUT2D eigenvalue weighted by Crippen LogP contribution is 2.35. The lowest BCUT2D eigenvalue weighted by molar-refractivity contribution is 0.0735. The van der Waals surface area contributed by atoms with Gasteiger partial charge in [0.05, 0.1) is 20.3 Å². The van der Waals surface area contributed by atoms with Crippen molar-refractivity contribution in [3.05, 3.63) is 59.2 Å². The van der Waals surface area contributed by atoms with Gasteiger partial charge in [-0.3, -0.25) is 4.79 Å². The van der Waals surface area contributed by atoms with E-state index in [1.165, 1.54) is 11.1 Å². The molecule has 0 saturated carbocycles. The molecule has 1 unspecified atom stereocenters. The van der Waals surface area contributed by atoms with Crippen molar-refractivity contribution in [1.29, 1.82) is 0 Å². The molecule has 24 heavy (non-hydrogen) atoms. The molecule has 0 aromatic heterocycles. The summed E-state index contributed by atoms with van der Waals surface area (Å²) >= 11 is 0. The summed E-state index contributed by atoms with van der Waals surface area (Å²) in [6.45, 7) is 2.86. The third kappa shape index (κ3) is 3.09. The molecule has 126 valence electrons. The van der Waals surface area contributed by atoms with E-state index < -0.39 is 0 Å². The second kappa shape index (κ2) is 6.95. The van der Waals surface area contributed by atoms with Gasteiger partial charge in [-0.25, -0.2) is 0 Å². The summed E-state index contributed by atoms with van der Waals surface area (Å²) in [5.74, 6) is 1.25. The van der Waals surface area contributed by atoms with Gasteiger partial charge < -0.3 is 14.4 Å². The fourth-order valence-corrected chi connectivity index (χ4v) is 3.28. The number of methoxy groups -OCH3 is 2. The van der Waals surface area contributed by atoms with Crippen molar-refractivity contribution in [2.75, 3.05) is 20.8 Å². The third-order valence-electron chi connectivity index (χ3n) is 4.61. The van der Waals surface area contributed by atoms with Crippen molar-refractivity contribution >= 4 is 5.91 Å². The average Bonchev–Trinajstić information content (AvgIpc) is 3.10. The van der Waals surface area contributed by atoms with E-state index in [2.05, 4.69) is 31.2 Å². The molecule has 1 saturated heterocycles. The van der Waals surface area contributed by atoms with E-state index in [-0.39, 0.29) is 11.9 Å². The molecule has 1 atom stereocenters. The largest absolute Gasteiger partial charge is 0.493 e. The maximum absolute atomic E-state index is 13.0. The molecule has 0 radical (unpaired) electrons. The molecule has 4 heteroatoms. The molecule has 2 aromatic rings. The molecule has 0 N–H and O–H groups in total. The van der Waals surface area contributed by atoms with Gasteiger partial charge in [-0.15, -0.1) is 0 Å². The molecule has 2 aromatic carbocycles. The Morgan fingerprint density at radius 3 is 2.42 bits per heavy atom. The van der Waals surface area contributed by atoms with E-state index in [9.17, 15) is 4.79 Å². The predicted octanol–water partition coefficient (Wildman–Crippen LogP) is 3.99. The minimum absolute atomic E-state index is 0.0408. The lowest BCUT2D eigenvalue weighted by Gasteiger charge is -2.25. The SMILES string of the molecule is COc1ccc(C(=O)N2CCCC2c2ccc(C)cc2)cc1OC. The number of hydrogen-bond donors (Lipinski definition) is 0. The van der Waals surface area contributed by atoms with Crippen molar-refractivity contribution in [2.45, 2.75) is 25.8 Å². The summed E-state index contributed by atoms with van der Waals surface area (Å²) in [5.41, 5.74) is 3.06. The van der Waals surface area contributed by atoms with E-state index in [1.807, 2.05) is 4.90 Å². The number of rotatable bonds is 4. The number of aryl methyl sites for hydroxylation is 1. The molecular weight excluding hydrogens is 302 g/mol. The van der Waals surface area contributed by atoms with Gasteiger partial charge in [-0.1, -0.05) is 29.8 Å². The first-order chi connectivity index (χ1) is 11.6. The van der Waals surface area contributed by atoms with Crippen LogP contribution in [0, 0.1) is 6.92 Å². The van der Waals surface area contributed by atoms with Crippen molar-refractivity contribution < 1.29 is 14.3 Å². The lowest BCUT2D eigenvalue weighted by atomic mass is 10.0. The molecule has 3 rings (SSSR count). The van der Waals surface area contributed by atoms with Crippen molar-refractivity contribution in [3.63, 3.8) is 0 Å². The van der Waals surface area contributed by atoms with Crippen LogP contribution in [0.25, 0.3) is 0 Å². The topological polar surface area (TPSA) is 38.8 Å². The fourth-order valence-electron chi connectivity index (χ4n) is 3.28. The first-order valence-corrected chi connectivity index (χ1v) is 8.23. The molecule has 1 aliphatic heterocycles. The van der Waals surface area contributed by atoms with Crippen LogP contribution in [0.15, 0.2) is 42.5 Å². The zero-order valence-corrected chi connectivity index (χ0v) is 14.4. The van der Waals surface area contributed by atoms with Crippen LogP contribution in [0.2, 0.25) is 0 Å². The van der Waals surface area contributed by atoms with Crippen LogP contribution >= 0.6 is 0 Å². The maximum Gasteiger partial charge on any atom is 0.254 e. The summed E-state index contributed by atoms with van der Waals surface area (Å²) in [6, 6.07) is 13.9. The van der Waals surface area contributed by atoms with E-state index >= 15 is 0 Å². The smallest absolute Gasteiger partial charge is 0.254 e. The Balaban J connectivity index is 1.87. The number of hydrogen-bond acceptors (Lipinski definition) is 3. The summed E-state index contributed by atoms with van der Waals surface area (Å²) in [5, 5.41) is 0. The summed E-state index contributed by atoms with van der Waals surface area (Å²) < 4.78 is 10.6. The van der Waals surface area contributed by atoms with Crippen LogP contribution in [-0.2, 0) is 0 Å². The Labute approximate surface area is 143 Å². The zero-order chi connectivity index (χ0) is 17.1. The van der Waals surface area contributed by atoms with Crippen LogP contribution in [0.5, 0.6) is 11.5 Å². The molecule has 1 heterocycles. The number of carbonyl (C=O) groups excluding carboxylic acids is 1. The van der Waals surface area contributed by atoms with E-state index in [4.69, 9.17) is 9.47 Å². The molecule has 0 aliphatic carbocycles. The van der Waals surface area contributed by atoms with E-state index in [1.54, 1.807) is 32.4 Å². The first-order valence-electron chi connectivity index (χ1n) is 8.23. The molecule has 1 aliphatic rings. The van der Waals surface area contributed by atoms with Gasteiger partial charge >= 0.3 is 0 Å². The maximum atomic E-state index is 13.0. The van der Waals surface area contributed by atoms with Crippen LogP contribution in [0.4, 0.5) is 0 Å². The molecule has 1 fully saturated rings. The van der Waals surface area contributed by atoms with Gasteiger partial charge in [-0.05, 0) is 43.5 Å². The normalized spacial score (nSPS) is 17.0. The van der Waals surface area contributed by atoms with Crippen LogP contribution in [0.1, 0.15) is 40.4 Å². The van der Waals surface area contributed by atoms with Gasteiger partial charge in [0.2, 0.25) is 0 Å². The number of carbonyl (C=O) groups is 1. The lowest BCUT2D eigenvalue weighted by Crippen LogP contribution is -2.30. The van der Waals surface area contributed by atoms with Crippen molar-refractivity contribution in [2.24, 2.45) is 0 Å². The summed E-state index contributed by atoms with van der Waals surface area (Å²) in [4.78, 5) is 15.0. The molecule has 0 spiro atoms. The molecule has 0 bridgehead atoms. The van der Waals surface area contributed by atoms with Gasteiger partial charge in [0.15, 0.2) is 11.5 Å². The molecular formula is C20H23NO3. The van der Waals surface area contributed by atoms with Crippen molar-refractivity contribution in [3.8, 4) is 11.5 Å². The van der Waals surface area contributed by atoms with Crippen molar-refractivity contribution in [1.82, 2.24) is 4.90 Å². The van der Waals surface area contributed by atoms with Crippen LogP contribution < -0.4 is 9.47 Å². The van der Waals surface area contributed by atoms with E-state index in [0.717, 1.165) is 19.4 Å². The van der Waals surface area contributed by atoms with Gasteiger partial charge in [0.25, 0.3) is 5.91 Å². The Morgan fingerprint density at radius 1 is 1.04 bits per heavy atom. The van der Waals surface area contributed by atoms with E-state index in [0.29, 0.717) is 17.1 Å². The zero-order valence-electron chi connectivity index (χ0n) is 14.4. The molecule has 1 amide bonds. The number of ether oxygens (including phenoxy) is 2. The van der Waals surface area contributed by atoms with Gasteiger partial charge in [-0.2, -0.15) is 0 Å². The Hall–Kier alpha value is -2.49. The Bertz CT molecular complexity index is 724. The minimum Gasteiger partial charge on any atom is -0.493 e. The number of nitrogens with zero attached hydrogens (tertiary/aromatic N) is 1. The standard InChI is InChI=1S/C20H23NO3/c1-14-6-8-15(9-7-14)17-5-4-12-21(17)20(22)16-10-11-18(23-2)19(13-16)24-3/h6-11,13,17H,4-5,12H2,1-3H3. The average molecular weight is 325 g/mol. The van der Waals surface area contributed by atoms with Crippen LogP contribution in [0.3, 0.4) is 0 Å².